The fourth-order valence-corrected chi connectivity index (χ4v) is 2.24. The maximum absolute atomic E-state index is 8.68. The Bertz CT molecular complexity index is 634. The lowest BCUT2D eigenvalue weighted by atomic mass is 10.1. The van der Waals surface area contributed by atoms with Gasteiger partial charge in [0.05, 0.1) is 39.4 Å². The molecule has 0 atom stereocenters. The van der Waals surface area contributed by atoms with E-state index in [-0.39, 0.29) is 6.61 Å². The molecule has 7 heteroatoms. The van der Waals surface area contributed by atoms with Crippen molar-refractivity contribution in [2.24, 2.45) is 0 Å². The van der Waals surface area contributed by atoms with E-state index in [1.54, 1.807) is 26.5 Å². The van der Waals surface area contributed by atoms with E-state index in [1.807, 2.05) is 6.07 Å². The van der Waals surface area contributed by atoms with Crippen LogP contribution in [0.25, 0.3) is 10.8 Å². The average Bonchev–Trinajstić information content (AvgIpc) is 2.54. The van der Waals surface area contributed by atoms with Gasteiger partial charge in [-0.1, -0.05) is 0 Å². The second kappa shape index (κ2) is 7.67. The quantitative estimate of drug-likeness (QED) is 0.498. The number of fused-ring (bicyclic) bond motifs is 1. The number of nitrogens with two attached hydrogens (primary N) is 1. The summed E-state index contributed by atoms with van der Waals surface area (Å²) in [5, 5.41) is 13.5. The molecule has 0 amide bonds. The third-order valence-electron chi connectivity index (χ3n) is 3.20. The highest BCUT2D eigenvalue weighted by Crippen LogP contribution is 2.41. The molecule has 1 aromatic heterocycles. The molecule has 1 heterocycles. The summed E-state index contributed by atoms with van der Waals surface area (Å²) in [7, 11) is 3.14. The van der Waals surface area contributed by atoms with Crippen LogP contribution in [0.5, 0.6) is 11.5 Å². The van der Waals surface area contributed by atoms with Gasteiger partial charge in [-0.2, -0.15) is 0 Å². The smallest absolute Gasteiger partial charge is 0.172 e. The van der Waals surface area contributed by atoms with Crippen molar-refractivity contribution in [3.05, 3.63) is 18.3 Å². The number of nitrogen functional groups attached to an aromatic ring is 1. The highest BCUT2D eigenvalue weighted by molar-refractivity contribution is 6.05. The van der Waals surface area contributed by atoms with E-state index in [2.05, 4.69) is 10.3 Å². The highest BCUT2D eigenvalue weighted by atomic mass is 16.5. The molecule has 0 saturated carbocycles. The Morgan fingerprint density at radius 3 is 2.77 bits per heavy atom. The number of hydrogen-bond acceptors (Lipinski definition) is 7. The van der Waals surface area contributed by atoms with Crippen molar-refractivity contribution in [2.75, 3.05) is 51.6 Å². The van der Waals surface area contributed by atoms with Crippen molar-refractivity contribution in [2.45, 2.75) is 0 Å². The third kappa shape index (κ3) is 3.32. The van der Waals surface area contributed by atoms with Crippen molar-refractivity contribution in [1.82, 2.24) is 4.98 Å². The number of hydrogen-bond donors (Lipinski definition) is 3. The van der Waals surface area contributed by atoms with Crippen molar-refractivity contribution in [3.63, 3.8) is 0 Å². The molecule has 4 N–H and O–H groups in total. The Morgan fingerprint density at radius 1 is 1.27 bits per heavy atom. The predicted molar refractivity (Wildman–Crippen MR) is 85.7 cm³/mol. The fraction of sp³-hybridized carbons (Fsp3) is 0.400. The zero-order valence-corrected chi connectivity index (χ0v) is 12.8. The van der Waals surface area contributed by atoms with Crippen LogP contribution >= 0.6 is 0 Å². The molecule has 0 spiro atoms. The van der Waals surface area contributed by atoms with E-state index in [0.29, 0.717) is 42.8 Å². The molecule has 2 aromatic rings. The van der Waals surface area contributed by atoms with Crippen LogP contribution in [-0.4, -0.2) is 50.7 Å². The van der Waals surface area contributed by atoms with Gasteiger partial charge in [-0.05, 0) is 6.07 Å². The lowest BCUT2D eigenvalue weighted by Gasteiger charge is -2.16. The third-order valence-corrected chi connectivity index (χ3v) is 3.20. The lowest BCUT2D eigenvalue weighted by Crippen LogP contribution is -2.12. The maximum Gasteiger partial charge on any atom is 0.172 e. The fourth-order valence-electron chi connectivity index (χ4n) is 2.24. The molecule has 0 aliphatic heterocycles. The van der Waals surface area contributed by atoms with Crippen molar-refractivity contribution < 1.29 is 19.3 Å². The number of aromatic nitrogens is 1. The van der Waals surface area contributed by atoms with Crippen molar-refractivity contribution in [3.8, 4) is 11.5 Å². The molecule has 0 aliphatic carbocycles. The SMILES string of the molecule is COc1cc(N)c2ccnc(NCCOCCO)c2c1OC. The Morgan fingerprint density at radius 2 is 2.09 bits per heavy atom. The second-order valence-electron chi connectivity index (χ2n) is 4.55. The topological polar surface area (TPSA) is 98.9 Å². The molecular formula is C15H21N3O4. The van der Waals surface area contributed by atoms with Gasteiger partial charge in [0.2, 0.25) is 0 Å². The van der Waals surface area contributed by atoms with Crippen molar-refractivity contribution >= 4 is 22.3 Å². The van der Waals surface area contributed by atoms with E-state index in [1.165, 1.54) is 0 Å². The molecule has 0 saturated heterocycles. The number of nitrogens with one attached hydrogen (secondary N) is 1. The number of nitrogens with zero attached hydrogens (tertiary/aromatic N) is 1. The van der Waals surface area contributed by atoms with Crippen LogP contribution in [0.3, 0.4) is 0 Å². The number of methoxy groups -OCH3 is 2. The minimum Gasteiger partial charge on any atom is -0.493 e. The molecule has 0 unspecified atom stereocenters. The number of rotatable bonds is 8. The summed E-state index contributed by atoms with van der Waals surface area (Å²) in [6.07, 6.45) is 1.68. The molecule has 2 rings (SSSR count). The molecule has 0 fully saturated rings. The van der Waals surface area contributed by atoms with Gasteiger partial charge >= 0.3 is 0 Å². The Hall–Kier alpha value is -2.25. The summed E-state index contributed by atoms with van der Waals surface area (Å²) in [6, 6.07) is 3.56. The monoisotopic (exact) mass is 307 g/mol. The molecule has 1 aromatic carbocycles. The summed E-state index contributed by atoms with van der Waals surface area (Å²) in [5.41, 5.74) is 6.67. The van der Waals surface area contributed by atoms with Gasteiger partial charge in [0.1, 0.15) is 5.82 Å². The average molecular weight is 307 g/mol. The van der Waals surface area contributed by atoms with Gasteiger partial charge in [-0.3, -0.25) is 0 Å². The molecule has 0 radical (unpaired) electrons. The minimum atomic E-state index is 0.00801. The predicted octanol–water partition coefficient (Wildman–Crippen LogP) is 1.25. The second-order valence-corrected chi connectivity index (χ2v) is 4.55. The number of anilines is 2. The highest BCUT2D eigenvalue weighted by Gasteiger charge is 2.16. The van der Waals surface area contributed by atoms with E-state index in [0.717, 1.165) is 10.8 Å². The number of aliphatic hydroxyl groups excluding tert-OH is 1. The molecular weight excluding hydrogens is 286 g/mol. The number of benzene rings is 1. The minimum absolute atomic E-state index is 0.00801. The zero-order valence-electron chi connectivity index (χ0n) is 12.8. The van der Waals surface area contributed by atoms with E-state index >= 15 is 0 Å². The van der Waals surface area contributed by atoms with Gasteiger partial charge in [0.15, 0.2) is 11.5 Å². The first-order valence-electron chi connectivity index (χ1n) is 6.94. The Balaban J connectivity index is 2.35. The Labute approximate surface area is 129 Å². The molecule has 7 nitrogen and oxygen atoms in total. The van der Waals surface area contributed by atoms with E-state index in [4.69, 9.17) is 25.1 Å². The molecule has 120 valence electrons. The normalized spacial score (nSPS) is 10.7. The van der Waals surface area contributed by atoms with E-state index in [9.17, 15) is 0 Å². The number of pyridine rings is 1. The summed E-state index contributed by atoms with van der Waals surface area (Å²) < 4.78 is 16.0. The van der Waals surface area contributed by atoms with Crippen LogP contribution in [-0.2, 0) is 4.74 Å². The van der Waals surface area contributed by atoms with Crippen LogP contribution < -0.4 is 20.5 Å². The number of aliphatic hydroxyl groups is 1. The lowest BCUT2D eigenvalue weighted by molar-refractivity contribution is 0.0992. The molecule has 22 heavy (non-hydrogen) atoms. The van der Waals surface area contributed by atoms with Gasteiger partial charge in [0, 0.05) is 29.9 Å². The summed E-state index contributed by atoms with van der Waals surface area (Å²) in [4.78, 5) is 4.34. The van der Waals surface area contributed by atoms with Gasteiger partial charge in [-0.25, -0.2) is 4.98 Å². The summed E-state index contributed by atoms with van der Waals surface area (Å²) in [5.74, 6) is 1.78. The van der Waals surface area contributed by atoms with Crippen LogP contribution in [0.2, 0.25) is 0 Å². The maximum atomic E-state index is 8.68. The first-order valence-corrected chi connectivity index (χ1v) is 6.94. The van der Waals surface area contributed by atoms with Gasteiger partial charge in [-0.15, -0.1) is 0 Å². The van der Waals surface area contributed by atoms with Gasteiger partial charge in [0.25, 0.3) is 0 Å². The van der Waals surface area contributed by atoms with E-state index < -0.39 is 0 Å². The van der Waals surface area contributed by atoms with Crippen LogP contribution in [0.4, 0.5) is 11.5 Å². The standard InChI is InChI=1S/C15H21N3O4/c1-20-12-9-11(16)10-3-4-17-15(13(10)14(12)21-2)18-5-7-22-8-6-19/h3-4,9,19H,5-8,16H2,1-2H3,(H,17,18). The van der Waals surface area contributed by atoms with Crippen LogP contribution in [0.15, 0.2) is 18.3 Å². The first kappa shape index (κ1) is 16.1. The van der Waals surface area contributed by atoms with Crippen molar-refractivity contribution in [1.29, 1.82) is 0 Å². The summed E-state index contributed by atoms with van der Waals surface area (Å²) >= 11 is 0. The summed E-state index contributed by atoms with van der Waals surface area (Å²) in [6.45, 7) is 1.33. The largest absolute Gasteiger partial charge is 0.493 e. The Kier molecular flexibility index (Phi) is 5.62. The van der Waals surface area contributed by atoms with Crippen LogP contribution in [0, 0.1) is 0 Å². The first-order chi connectivity index (χ1) is 10.7. The van der Waals surface area contributed by atoms with Crippen LogP contribution in [0.1, 0.15) is 0 Å². The zero-order chi connectivity index (χ0) is 15.9. The molecule has 0 bridgehead atoms. The van der Waals surface area contributed by atoms with Gasteiger partial charge < -0.3 is 30.4 Å². The number of ether oxygens (including phenoxy) is 3. The molecule has 0 aliphatic rings.